The second-order valence-corrected chi connectivity index (χ2v) is 5.15. The summed E-state index contributed by atoms with van der Waals surface area (Å²) >= 11 is 0. The molecule has 1 fully saturated rings. The van der Waals surface area contributed by atoms with E-state index in [0.717, 1.165) is 0 Å². The Morgan fingerprint density at radius 3 is 2.86 bits per heavy atom. The van der Waals surface area contributed by atoms with Crippen molar-refractivity contribution in [2.75, 3.05) is 7.11 Å². The number of likely N-dealkylation sites (tertiary alicyclic amines) is 1. The number of amides is 1. The fourth-order valence-corrected chi connectivity index (χ4v) is 2.90. The molecule has 1 saturated heterocycles. The Balaban J connectivity index is 2.37. The number of nitro groups is 1. The minimum Gasteiger partial charge on any atom is -0.467 e. The van der Waals surface area contributed by atoms with Gasteiger partial charge in [-0.15, -0.1) is 0 Å². The third-order valence-corrected chi connectivity index (χ3v) is 3.92. The van der Waals surface area contributed by atoms with Crippen LogP contribution in [-0.4, -0.2) is 34.9 Å². The van der Waals surface area contributed by atoms with Gasteiger partial charge in [-0.25, -0.2) is 4.79 Å². The highest BCUT2D eigenvalue weighted by molar-refractivity contribution is 5.88. The van der Waals surface area contributed by atoms with Crippen LogP contribution in [0.2, 0.25) is 0 Å². The predicted molar refractivity (Wildman–Crippen MR) is 78.0 cm³/mol. The van der Waals surface area contributed by atoms with Crippen molar-refractivity contribution < 1.29 is 19.2 Å². The minimum absolute atomic E-state index is 0.0304. The summed E-state index contributed by atoms with van der Waals surface area (Å²) in [6, 6.07) is 5.18. The minimum atomic E-state index is -0.623. The lowest BCUT2D eigenvalue weighted by Gasteiger charge is -2.31. The van der Waals surface area contributed by atoms with Crippen LogP contribution in [0, 0.1) is 10.1 Å². The maximum Gasteiger partial charge on any atom is 0.328 e. The fraction of sp³-hybridized carbons (Fsp3) is 0.467. The Labute approximate surface area is 128 Å². The highest BCUT2D eigenvalue weighted by Gasteiger charge is 2.41. The van der Waals surface area contributed by atoms with Gasteiger partial charge in [0.15, 0.2) is 0 Å². The number of carbonyl (C=O) groups excluding carboxylic acids is 2. The average molecular weight is 306 g/mol. The molecular formula is C15H18N2O5. The molecule has 0 aliphatic carbocycles. The Hall–Kier alpha value is -2.44. The molecule has 0 aromatic heterocycles. The number of benzene rings is 1. The van der Waals surface area contributed by atoms with Crippen molar-refractivity contribution in [3.63, 3.8) is 0 Å². The first kappa shape index (κ1) is 15.9. The van der Waals surface area contributed by atoms with E-state index >= 15 is 0 Å². The van der Waals surface area contributed by atoms with Crippen molar-refractivity contribution in [2.45, 2.75) is 38.3 Å². The van der Waals surface area contributed by atoms with Crippen LogP contribution in [0.3, 0.4) is 0 Å². The van der Waals surface area contributed by atoms with E-state index in [1.54, 1.807) is 12.1 Å². The third kappa shape index (κ3) is 2.93. The van der Waals surface area contributed by atoms with E-state index in [2.05, 4.69) is 0 Å². The summed E-state index contributed by atoms with van der Waals surface area (Å²) < 4.78 is 4.76. The zero-order chi connectivity index (χ0) is 16.3. The van der Waals surface area contributed by atoms with Crippen LogP contribution in [0.5, 0.6) is 0 Å². The van der Waals surface area contributed by atoms with Crippen molar-refractivity contribution in [3.8, 4) is 0 Å². The molecule has 118 valence electrons. The topological polar surface area (TPSA) is 89.8 Å². The number of ether oxygens (including phenoxy) is 1. The lowest BCUT2D eigenvalue weighted by Crippen LogP contribution is -2.41. The zero-order valence-corrected chi connectivity index (χ0v) is 12.5. The smallest absolute Gasteiger partial charge is 0.328 e. The van der Waals surface area contributed by atoms with Gasteiger partial charge in [-0.3, -0.25) is 14.9 Å². The molecule has 0 spiro atoms. The van der Waals surface area contributed by atoms with Crippen molar-refractivity contribution in [3.05, 3.63) is 39.9 Å². The molecule has 0 N–H and O–H groups in total. The molecule has 1 aliphatic heterocycles. The molecule has 1 aromatic rings. The van der Waals surface area contributed by atoms with Crippen LogP contribution in [-0.2, 0) is 14.3 Å². The number of rotatable bonds is 5. The summed E-state index contributed by atoms with van der Waals surface area (Å²) in [6.45, 7) is 1.88. The number of nitro benzene ring substituents is 1. The summed E-state index contributed by atoms with van der Waals surface area (Å²) in [5, 5.41) is 10.9. The van der Waals surface area contributed by atoms with Crippen LogP contribution in [0.4, 0.5) is 5.69 Å². The van der Waals surface area contributed by atoms with Gasteiger partial charge >= 0.3 is 5.97 Å². The molecule has 2 rings (SSSR count). The Morgan fingerprint density at radius 1 is 1.55 bits per heavy atom. The maximum absolute atomic E-state index is 12.2. The van der Waals surface area contributed by atoms with Gasteiger partial charge in [-0.2, -0.15) is 0 Å². The largest absolute Gasteiger partial charge is 0.467 e. The van der Waals surface area contributed by atoms with Crippen LogP contribution in [0.15, 0.2) is 24.3 Å². The van der Waals surface area contributed by atoms with Gasteiger partial charge in [0.05, 0.1) is 18.1 Å². The predicted octanol–water partition coefficient (Wildman–Crippen LogP) is 2.21. The number of hydrogen-bond donors (Lipinski definition) is 0. The first-order chi connectivity index (χ1) is 10.5. The van der Waals surface area contributed by atoms with Crippen LogP contribution >= 0.6 is 0 Å². The highest BCUT2D eigenvalue weighted by atomic mass is 16.6. The number of esters is 1. The molecule has 7 nitrogen and oxygen atoms in total. The molecule has 2 unspecified atom stereocenters. The molecule has 22 heavy (non-hydrogen) atoms. The normalized spacial score (nSPS) is 19.1. The summed E-state index contributed by atoms with van der Waals surface area (Å²) in [7, 11) is 1.29. The Kier molecular flexibility index (Phi) is 4.75. The van der Waals surface area contributed by atoms with Gasteiger partial charge in [-0.1, -0.05) is 19.1 Å². The number of nitrogens with zero attached hydrogens (tertiary/aromatic N) is 2. The van der Waals surface area contributed by atoms with E-state index < -0.39 is 16.9 Å². The van der Waals surface area contributed by atoms with Gasteiger partial charge < -0.3 is 9.64 Å². The van der Waals surface area contributed by atoms with Gasteiger partial charge in [0.25, 0.3) is 5.69 Å². The second-order valence-electron chi connectivity index (χ2n) is 5.15. The fourth-order valence-electron chi connectivity index (χ4n) is 2.90. The SMILES string of the molecule is CCC(c1cccc([N+](=O)[O-])c1)N1C(=O)CCC1C(=O)OC. The molecule has 1 amide bonds. The summed E-state index contributed by atoms with van der Waals surface area (Å²) in [5.74, 6) is -0.580. The van der Waals surface area contributed by atoms with Crippen molar-refractivity contribution in [2.24, 2.45) is 0 Å². The third-order valence-electron chi connectivity index (χ3n) is 3.92. The van der Waals surface area contributed by atoms with Gasteiger partial charge in [0.1, 0.15) is 6.04 Å². The second kappa shape index (κ2) is 6.55. The highest BCUT2D eigenvalue weighted by Crippen LogP contribution is 2.34. The molecular weight excluding hydrogens is 288 g/mol. The molecule has 1 heterocycles. The molecule has 0 saturated carbocycles. The van der Waals surface area contributed by atoms with E-state index in [4.69, 9.17) is 4.74 Å². The van der Waals surface area contributed by atoms with E-state index in [1.807, 2.05) is 6.92 Å². The number of methoxy groups -OCH3 is 1. The quantitative estimate of drug-likeness (QED) is 0.472. The summed E-state index contributed by atoms with van der Waals surface area (Å²) in [5.41, 5.74) is 0.623. The average Bonchev–Trinajstić information content (AvgIpc) is 2.89. The molecule has 0 radical (unpaired) electrons. The van der Waals surface area contributed by atoms with E-state index in [9.17, 15) is 19.7 Å². The van der Waals surface area contributed by atoms with Crippen LogP contribution in [0.1, 0.15) is 37.8 Å². The van der Waals surface area contributed by atoms with Gasteiger partial charge in [0.2, 0.25) is 5.91 Å². The van der Waals surface area contributed by atoms with Crippen LogP contribution < -0.4 is 0 Å². The number of hydrogen-bond acceptors (Lipinski definition) is 5. The Bertz CT molecular complexity index is 601. The molecule has 1 aromatic carbocycles. The lowest BCUT2D eigenvalue weighted by atomic mass is 10.0. The maximum atomic E-state index is 12.2. The lowest BCUT2D eigenvalue weighted by molar-refractivity contribution is -0.385. The van der Waals surface area contributed by atoms with Gasteiger partial charge in [-0.05, 0) is 18.4 Å². The first-order valence-corrected chi connectivity index (χ1v) is 7.13. The molecule has 7 heteroatoms. The summed E-state index contributed by atoms with van der Waals surface area (Å²) in [6.07, 6.45) is 1.25. The van der Waals surface area contributed by atoms with E-state index in [0.29, 0.717) is 18.4 Å². The summed E-state index contributed by atoms with van der Waals surface area (Å²) in [4.78, 5) is 36.0. The molecule has 2 atom stereocenters. The van der Waals surface area contributed by atoms with Crippen LogP contribution in [0.25, 0.3) is 0 Å². The number of carbonyl (C=O) groups is 2. The van der Waals surface area contributed by atoms with Crippen molar-refractivity contribution in [1.82, 2.24) is 4.90 Å². The van der Waals surface area contributed by atoms with E-state index in [1.165, 1.54) is 24.1 Å². The molecule has 1 aliphatic rings. The van der Waals surface area contributed by atoms with E-state index in [-0.39, 0.29) is 24.1 Å². The standard InChI is InChI=1S/C15H18N2O5/c1-3-12(10-5-4-6-11(9-10)17(20)21)16-13(15(19)22-2)7-8-14(16)18/h4-6,9,12-13H,3,7-8H2,1-2H3. The zero-order valence-electron chi connectivity index (χ0n) is 12.5. The van der Waals surface area contributed by atoms with Gasteiger partial charge in [0, 0.05) is 18.6 Å². The Morgan fingerprint density at radius 2 is 2.27 bits per heavy atom. The number of non-ortho nitro benzene ring substituents is 1. The van der Waals surface area contributed by atoms with Crippen molar-refractivity contribution in [1.29, 1.82) is 0 Å². The van der Waals surface area contributed by atoms with Crippen molar-refractivity contribution >= 4 is 17.6 Å². The first-order valence-electron chi connectivity index (χ1n) is 7.13. The molecule has 0 bridgehead atoms. The monoisotopic (exact) mass is 306 g/mol.